The molecule has 0 radical (unpaired) electrons. The Kier molecular flexibility index (Phi) is 4.24. The number of nitrogens with zero attached hydrogens (tertiary/aromatic N) is 3. The summed E-state index contributed by atoms with van der Waals surface area (Å²) in [7, 11) is 0. The molecular formula is C17H21N3O. The van der Waals surface area contributed by atoms with Gasteiger partial charge in [-0.1, -0.05) is 6.92 Å². The van der Waals surface area contributed by atoms with Crippen LogP contribution >= 0.6 is 0 Å². The lowest BCUT2D eigenvalue weighted by Gasteiger charge is -2.08. The summed E-state index contributed by atoms with van der Waals surface area (Å²) in [6.45, 7) is 4.90. The van der Waals surface area contributed by atoms with E-state index in [0.717, 1.165) is 38.3 Å². The highest BCUT2D eigenvalue weighted by atomic mass is 16.5. The lowest BCUT2D eigenvalue weighted by molar-refractivity contribution is 0.318. The number of ether oxygens (including phenoxy) is 1. The fraction of sp³-hybridized carbons (Fsp3) is 0.353. The first-order valence-corrected chi connectivity index (χ1v) is 7.54. The van der Waals surface area contributed by atoms with Crippen molar-refractivity contribution in [2.24, 2.45) is 0 Å². The third kappa shape index (κ3) is 3.27. The van der Waals surface area contributed by atoms with Gasteiger partial charge in [0.05, 0.1) is 12.9 Å². The number of aryl methyl sites for hydroxylation is 2. The number of aromatic nitrogens is 3. The largest absolute Gasteiger partial charge is 0.494 e. The Hall–Kier alpha value is -2.23. The minimum atomic E-state index is 0.775. The molecule has 0 aliphatic carbocycles. The van der Waals surface area contributed by atoms with Gasteiger partial charge in [0.15, 0.2) is 0 Å². The summed E-state index contributed by atoms with van der Waals surface area (Å²) in [5.41, 5.74) is 1.27. The van der Waals surface area contributed by atoms with Crippen LogP contribution in [0, 0.1) is 0 Å². The van der Waals surface area contributed by atoms with Gasteiger partial charge in [0.25, 0.3) is 0 Å². The second-order valence-electron chi connectivity index (χ2n) is 5.23. The topological polar surface area (TPSA) is 32.0 Å². The fourth-order valence-electron chi connectivity index (χ4n) is 2.53. The molecule has 2 heterocycles. The van der Waals surface area contributed by atoms with Crippen LogP contribution in [0.4, 0.5) is 0 Å². The van der Waals surface area contributed by atoms with Gasteiger partial charge >= 0.3 is 0 Å². The van der Waals surface area contributed by atoms with Gasteiger partial charge in [-0.3, -0.25) is 0 Å². The van der Waals surface area contributed by atoms with Crippen molar-refractivity contribution < 1.29 is 4.74 Å². The molecule has 0 spiro atoms. The standard InChI is InChI=1S/C17H21N3O/c1-2-12-21-16-4-5-17-15(13-16)6-10-20(17)9-3-8-19-11-7-18-14-19/h4-7,10-11,13-14H,2-3,8-9,12H2,1H3. The second-order valence-corrected chi connectivity index (χ2v) is 5.23. The number of fused-ring (bicyclic) bond motifs is 1. The molecule has 0 unspecified atom stereocenters. The Morgan fingerprint density at radius 3 is 2.90 bits per heavy atom. The molecule has 0 aliphatic rings. The number of rotatable bonds is 7. The maximum atomic E-state index is 5.68. The average Bonchev–Trinajstić information content (AvgIpc) is 3.15. The maximum Gasteiger partial charge on any atom is 0.120 e. The monoisotopic (exact) mass is 283 g/mol. The Morgan fingerprint density at radius 2 is 2.10 bits per heavy atom. The molecule has 0 bridgehead atoms. The van der Waals surface area contributed by atoms with Crippen LogP contribution in [0.3, 0.4) is 0 Å². The predicted octanol–water partition coefficient (Wildman–Crippen LogP) is 3.72. The van der Waals surface area contributed by atoms with Gasteiger partial charge in [-0.25, -0.2) is 4.98 Å². The molecule has 21 heavy (non-hydrogen) atoms. The molecule has 4 heteroatoms. The third-order valence-electron chi connectivity index (χ3n) is 3.59. The van der Waals surface area contributed by atoms with Gasteiger partial charge in [-0.05, 0) is 37.1 Å². The van der Waals surface area contributed by atoms with Gasteiger partial charge in [0.2, 0.25) is 0 Å². The van der Waals surface area contributed by atoms with Gasteiger partial charge in [0.1, 0.15) is 5.75 Å². The van der Waals surface area contributed by atoms with Crippen LogP contribution in [0.25, 0.3) is 10.9 Å². The first-order chi connectivity index (χ1) is 10.4. The van der Waals surface area contributed by atoms with E-state index >= 15 is 0 Å². The fourth-order valence-corrected chi connectivity index (χ4v) is 2.53. The van der Waals surface area contributed by atoms with Crippen LogP contribution in [0.15, 0.2) is 49.2 Å². The number of benzene rings is 1. The van der Waals surface area contributed by atoms with E-state index in [4.69, 9.17) is 4.74 Å². The van der Waals surface area contributed by atoms with Crippen LogP contribution in [0.1, 0.15) is 19.8 Å². The van der Waals surface area contributed by atoms with E-state index in [0.29, 0.717) is 0 Å². The molecule has 4 nitrogen and oxygen atoms in total. The molecule has 0 aliphatic heterocycles. The number of imidazole rings is 1. The molecule has 0 N–H and O–H groups in total. The highest BCUT2D eigenvalue weighted by Crippen LogP contribution is 2.22. The maximum absolute atomic E-state index is 5.68. The van der Waals surface area contributed by atoms with E-state index in [1.54, 1.807) is 0 Å². The second kappa shape index (κ2) is 6.48. The van der Waals surface area contributed by atoms with Crippen LogP contribution in [0.2, 0.25) is 0 Å². The van der Waals surface area contributed by atoms with Crippen molar-refractivity contribution >= 4 is 10.9 Å². The van der Waals surface area contributed by atoms with Crippen molar-refractivity contribution in [3.8, 4) is 5.75 Å². The van der Waals surface area contributed by atoms with Crippen molar-refractivity contribution in [3.63, 3.8) is 0 Å². The van der Waals surface area contributed by atoms with Crippen molar-refractivity contribution in [1.29, 1.82) is 0 Å². The Morgan fingerprint density at radius 1 is 1.14 bits per heavy atom. The molecule has 0 fully saturated rings. The van der Waals surface area contributed by atoms with Crippen molar-refractivity contribution in [2.75, 3.05) is 6.61 Å². The molecular weight excluding hydrogens is 262 g/mol. The zero-order chi connectivity index (χ0) is 14.5. The third-order valence-corrected chi connectivity index (χ3v) is 3.59. The van der Waals surface area contributed by atoms with Gasteiger partial charge < -0.3 is 13.9 Å². The van der Waals surface area contributed by atoms with Crippen molar-refractivity contribution in [1.82, 2.24) is 14.1 Å². The van der Waals surface area contributed by atoms with E-state index in [-0.39, 0.29) is 0 Å². The molecule has 1 aromatic carbocycles. The van der Waals surface area contributed by atoms with E-state index in [1.165, 1.54) is 10.9 Å². The quantitative estimate of drug-likeness (QED) is 0.662. The number of hydrogen-bond acceptors (Lipinski definition) is 2. The summed E-state index contributed by atoms with van der Waals surface area (Å²) in [6.07, 6.45) is 9.98. The summed E-state index contributed by atoms with van der Waals surface area (Å²) in [6, 6.07) is 8.49. The Balaban J connectivity index is 1.65. The van der Waals surface area contributed by atoms with Crippen LogP contribution in [-0.4, -0.2) is 20.7 Å². The van der Waals surface area contributed by atoms with E-state index in [2.05, 4.69) is 51.5 Å². The van der Waals surface area contributed by atoms with Crippen LogP contribution in [0.5, 0.6) is 5.75 Å². The van der Waals surface area contributed by atoms with Crippen LogP contribution < -0.4 is 4.74 Å². The first-order valence-electron chi connectivity index (χ1n) is 7.54. The molecule has 0 saturated carbocycles. The molecule has 3 rings (SSSR count). The molecule has 0 atom stereocenters. The van der Waals surface area contributed by atoms with Gasteiger partial charge in [-0.15, -0.1) is 0 Å². The van der Waals surface area contributed by atoms with Crippen molar-refractivity contribution in [3.05, 3.63) is 49.2 Å². The molecule has 0 amide bonds. The smallest absolute Gasteiger partial charge is 0.120 e. The predicted molar refractivity (Wildman–Crippen MR) is 84.6 cm³/mol. The van der Waals surface area contributed by atoms with Crippen LogP contribution in [-0.2, 0) is 13.1 Å². The summed E-state index contributed by atoms with van der Waals surface area (Å²) < 4.78 is 10.1. The van der Waals surface area contributed by atoms with Gasteiger partial charge in [0, 0.05) is 42.6 Å². The molecule has 110 valence electrons. The zero-order valence-electron chi connectivity index (χ0n) is 12.4. The Labute approximate surface area is 125 Å². The number of hydrogen-bond donors (Lipinski definition) is 0. The molecule has 3 aromatic rings. The van der Waals surface area contributed by atoms with E-state index in [1.807, 2.05) is 18.7 Å². The highest BCUT2D eigenvalue weighted by Gasteiger charge is 2.03. The SMILES string of the molecule is CCCOc1ccc2c(ccn2CCCn2ccnc2)c1. The minimum absolute atomic E-state index is 0.775. The summed E-state index contributed by atoms with van der Waals surface area (Å²) >= 11 is 0. The highest BCUT2D eigenvalue weighted by molar-refractivity contribution is 5.81. The average molecular weight is 283 g/mol. The molecule has 0 saturated heterocycles. The lowest BCUT2D eigenvalue weighted by atomic mass is 10.2. The van der Waals surface area contributed by atoms with E-state index in [9.17, 15) is 0 Å². The summed E-state index contributed by atoms with van der Waals surface area (Å²) in [5.74, 6) is 0.959. The molecule has 2 aromatic heterocycles. The van der Waals surface area contributed by atoms with Gasteiger partial charge in [-0.2, -0.15) is 0 Å². The first kappa shape index (κ1) is 13.7. The zero-order valence-corrected chi connectivity index (χ0v) is 12.4. The van der Waals surface area contributed by atoms with Crippen molar-refractivity contribution in [2.45, 2.75) is 32.9 Å². The summed E-state index contributed by atoms with van der Waals surface area (Å²) in [5, 5.41) is 1.24. The minimum Gasteiger partial charge on any atom is -0.494 e. The lowest BCUT2D eigenvalue weighted by Crippen LogP contribution is -2.01. The Bertz CT molecular complexity index is 685. The normalized spacial score (nSPS) is 11.1. The summed E-state index contributed by atoms with van der Waals surface area (Å²) in [4.78, 5) is 4.06. The van der Waals surface area contributed by atoms with E-state index < -0.39 is 0 Å².